The molecule has 0 radical (unpaired) electrons. The molecular weight excluding hydrogens is 300 g/mol. The van der Waals surface area contributed by atoms with Gasteiger partial charge in [-0.2, -0.15) is 0 Å². The third kappa shape index (κ3) is 3.95. The van der Waals surface area contributed by atoms with Gasteiger partial charge in [-0.1, -0.05) is 41.4 Å². The Balaban J connectivity index is 2.23. The molecule has 0 N–H and O–H groups in total. The van der Waals surface area contributed by atoms with E-state index >= 15 is 0 Å². The smallest absolute Gasteiger partial charge is 0.313 e. The highest BCUT2D eigenvalue weighted by Crippen LogP contribution is 2.24. The van der Waals surface area contributed by atoms with Crippen molar-refractivity contribution in [3.05, 3.63) is 70.2 Å². The van der Waals surface area contributed by atoms with Gasteiger partial charge in [0.25, 0.3) is 0 Å². The Morgan fingerprint density at radius 2 is 1.64 bits per heavy atom. The largest absolute Gasteiger partial charge is 0.469 e. The minimum atomic E-state index is -0.603. The number of ketones is 1. The van der Waals surface area contributed by atoms with E-state index in [1.165, 1.54) is 7.11 Å². The molecule has 0 unspecified atom stereocenters. The summed E-state index contributed by atoms with van der Waals surface area (Å²) in [6.07, 6.45) is 0.0668. The monoisotopic (exact) mass is 316 g/mol. The van der Waals surface area contributed by atoms with E-state index in [0.29, 0.717) is 10.6 Å². The van der Waals surface area contributed by atoms with Crippen LogP contribution in [0.15, 0.2) is 48.5 Å². The van der Waals surface area contributed by atoms with Crippen molar-refractivity contribution < 1.29 is 14.3 Å². The number of esters is 1. The number of halogens is 1. The van der Waals surface area contributed by atoms with Gasteiger partial charge >= 0.3 is 5.97 Å². The Bertz CT molecular complexity index is 660. The van der Waals surface area contributed by atoms with Gasteiger partial charge in [0.1, 0.15) is 0 Å². The summed E-state index contributed by atoms with van der Waals surface area (Å²) in [4.78, 5) is 24.4. The van der Waals surface area contributed by atoms with Crippen molar-refractivity contribution in [2.75, 3.05) is 7.11 Å². The fourth-order valence-electron chi connectivity index (χ4n) is 2.22. The van der Waals surface area contributed by atoms with Crippen LogP contribution in [0.3, 0.4) is 0 Å². The Morgan fingerprint density at radius 1 is 1.05 bits per heavy atom. The van der Waals surface area contributed by atoms with Gasteiger partial charge in [-0.3, -0.25) is 9.59 Å². The lowest BCUT2D eigenvalue weighted by atomic mass is 9.91. The molecule has 114 valence electrons. The average molecular weight is 317 g/mol. The lowest BCUT2D eigenvalue weighted by Crippen LogP contribution is -2.18. The molecule has 22 heavy (non-hydrogen) atoms. The minimum Gasteiger partial charge on any atom is -0.469 e. The number of hydrogen-bond donors (Lipinski definition) is 0. The fourth-order valence-corrected chi connectivity index (χ4v) is 2.34. The fraction of sp³-hybridized carbons (Fsp3) is 0.222. The van der Waals surface area contributed by atoms with Crippen molar-refractivity contribution in [3.63, 3.8) is 0 Å². The van der Waals surface area contributed by atoms with Gasteiger partial charge in [0.2, 0.25) is 0 Å². The van der Waals surface area contributed by atoms with Crippen LogP contribution in [0, 0.1) is 6.92 Å². The molecule has 0 aliphatic rings. The van der Waals surface area contributed by atoms with Crippen LogP contribution < -0.4 is 0 Å². The van der Waals surface area contributed by atoms with Gasteiger partial charge in [0.05, 0.1) is 13.0 Å². The number of ether oxygens (including phenoxy) is 1. The highest BCUT2D eigenvalue weighted by molar-refractivity contribution is 6.30. The summed E-state index contributed by atoms with van der Waals surface area (Å²) in [5, 5.41) is 0.569. The summed E-state index contributed by atoms with van der Waals surface area (Å²) in [6.45, 7) is 1.97. The highest BCUT2D eigenvalue weighted by atomic mass is 35.5. The molecule has 2 rings (SSSR count). The second kappa shape index (κ2) is 7.23. The van der Waals surface area contributed by atoms with Crippen LogP contribution in [-0.4, -0.2) is 18.9 Å². The van der Waals surface area contributed by atoms with Gasteiger partial charge in [0.15, 0.2) is 5.78 Å². The predicted molar refractivity (Wildman–Crippen MR) is 86.3 cm³/mol. The minimum absolute atomic E-state index is 0.0668. The van der Waals surface area contributed by atoms with Gasteiger partial charge in [0, 0.05) is 17.0 Å². The third-order valence-electron chi connectivity index (χ3n) is 3.52. The molecule has 0 heterocycles. The third-order valence-corrected chi connectivity index (χ3v) is 3.77. The first-order valence-corrected chi connectivity index (χ1v) is 7.32. The molecule has 0 aromatic heterocycles. The van der Waals surface area contributed by atoms with Gasteiger partial charge in [-0.15, -0.1) is 0 Å². The SMILES string of the molecule is COC(=O)[C@@H](CC(=O)c1ccc(Cl)cc1)c1ccc(C)cc1. The van der Waals surface area contributed by atoms with Crippen LogP contribution in [0.25, 0.3) is 0 Å². The molecule has 0 aliphatic heterocycles. The summed E-state index contributed by atoms with van der Waals surface area (Å²) in [5.74, 6) is -1.13. The Labute approximate surface area is 134 Å². The number of carbonyl (C=O) groups is 2. The summed E-state index contributed by atoms with van der Waals surface area (Å²) in [5.41, 5.74) is 2.40. The van der Waals surface area contributed by atoms with E-state index in [-0.39, 0.29) is 12.2 Å². The molecule has 0 amide bonds. The first-order valence-electron chi connectivity index (χ1n) is 6.94. The number of rotatable bonds is 5. The van der Waals surface area contributed by atoms with Crippen molar-refractivity contribution in [1.29, 1.82) is 0 Å². The summed E-state index contributed by atoms with van der Waals surface area (Å²) < 4.78 is 4.84. The second-order valence-electron chi connectivity index (χ2n) is 5.12. The van der Waals surface area contributed by atoms with E-state index in [1.54, 1.807) is 24.3 Å². The lowest BCUT2D eigenvalue weighted by Gasteiger charge is -2.14. The predicted octanol–water partition coefficient (Wildman–Crippen LogP) is 4.18. The van der Waals surface area contributed by atoms with Gasteiger partial charge in [-0.25, -0.2) is 0 Å². The molecule has 3 nitrogen and oxygen atoms in total. The summed E-state index contributed by atoms with van der Waals surface area (Å²) in [7, 11) is 1.33. The molecule has 0 spiro atoms. The molecule has 0 bridgehead atoms. The Hall–Kier alpha value is -2.13. The average Bonchev–Trinajstić information content (AvgIpc) is 2.53. The molecule has 2 aromatic carbocycles. The number of hydrogen-bond acceptors (Lipinski definition) is 3. The van der Waals surface area contributed by atoms with Crippen LogP contribution in [-0.2, 0) is 9.53 Å². The molecule has 2 aromatic rings. The van der Waals surface area contributed by atoms with E-state index in [2.05, 4.69) is 0 Å². The zero-order chi connectivity index (χ0) is 16.1. The first kappa shape index (κ1) is 16.2. The van der Waals surface area contributed by atoms with Crippen molar-refractivity contribution in [2.24, 2.45) is 0 Å². The van der Waals surface area contributed by atoms with Gasteiger partial charge < -0.3 is 4.74 Å². The van der Waals surface area contributed by atoms with Crippen molar-refractivity contribution >= 4 is 23.4 Å². The van der Waals surface area contributed by atoms with Crippen molar-refractivity contribution in [1.82, 2.24) is 0 Å². The zero-order valence-electron chi connectivity index (χ0n) is 12.5. The van der Waals surface area contributed by atoms with E-state index in [1.807, 2.05) is 31.2 Å². The first-order chi connectivity index (χ1) is 10.5. The standard InChI is InChI=1S/C18H17ClO3/c1-12-3-5-13(6-4-12)16(18(21)22-2)11-17(20)14-7-9-15(19)10-8-14/h3-10,16H,11H2,1-2H3/t16-/m0/s1. The van der Waals surface area contributed by atoms with Crippen LogP contribution in [0.5, 0.6) is 0 Å². The van der Waals surface area contributed by atoms with E-state index in [4.69, 9.17) is 16.3 Å². The molecule has 4 heteroatoms. The highest BCUT2D eigenvalue weighted by Gasteiger charge is 2.25. The van der Waals surface area contributed by atoms with E-state index in [9.17, 15) is 9.59 Å². The lowest BCUT2D eigenvalue weighted by molar-refractivity contribution is -0.142. The molecule has 0 aliphatic carbocycles. The maximum absolute atomic E-state index is 12.4. The summed E-state index contributed by atoms with van der Waals surface area (Å²) in [6, 6.07) is 14.2. The topological polar surface area (TPSA) is 43.4 Å². The molecule has 0 saturated heterocycles. The van der Waals surface area contributed by atoms with E-state index < -0.39 is 11.9 Å². The maximum Gasteiger partial charge on any atom is 0.313 e. The quantitative estimate of drug-likeness (QED) is 0.614. The van der Waals surface area contributed by atoms with Crippen LogP contribution in [0.2, 0.25) is 5.02 Å². The Kier molecular flexibility index (Phi) is 5.34. The normalized spacial score (nSPS) is 11.8. The zero-order valence-corrected chi connectivity index (χ0v) is 13.3. The number of methoxy groups -OCH3 is 1. The number of carbonyl (C=O) groups excluding carboxylic acids is 2. The molecule has 1 atom stereocenters. The number of Topliss-reactive ketones (excluding diaryl/α,β-unsaturated/α-hetero) is 1. The number of benzene rings is 2. The summed E-state index contributed by atoms with van der Waals surface area (Å²) >= 11 is 5.82. The molecule has 0 saturated carbocycles. The van der Waals surface area contributed by atoms with Crippen LogP contribution in [0.4, 0.5) is 0 Å². The van der Waals surface area contributed by atoms with E-state index in [0.717, 1.165) is 11.1 Å². The molecule has 0 fully saturated rings. The Morgan fingerprint density at radius 3 is 2.18 bits per heavy atom. The van der Waals surface area contributed by atoms with Gasteiger partial charge in [-0.05, 0) is 36.8 Å². The maximum atomic E-state index is 12.4. The van der Waals surface area contributed by atoms with Crippen molar-refractivity contribution in [3.8, 4) is 0 Å². The molecular formula is C18H17ClO3. The van der Waals surface area contributed by atoms with Crippen molar-refractivity contribution in [2.45, 2.75) is 19.3 Å². The van der Waals surface area contributed by atoms with Crippen LogP contribution >= 0.6 is 11.6 Å². The second-order valence-corrected chi connectivity index (χ2v) is 5.56. The number of aryl methyl sites for hydroxylation is 1. The van der Waals surface area contributed by atoms with Crippen LogP contribution in [0.1, 0.15) is 33.8 Å².